The van der Waals surface area contributed by atoms with E-state index in [1.165, 1.54) is 6.42 Å². The van der Waals surface area contributed by atoms with Crippen LogP contribution in [0.1, 0.15) is 56.1 Å². The Hall–Kier alpha value is -2.26. The van der Waals surface area contributed by atoms with Crippen molar-refractivity contribution < 1.29 is 9.90 Å². The average molecular weight is 396 g/mol. The quantitative estimate of drug-likeness (QED) is 0.636. The van der Waals surface area contributed by atoms with Crippen LogP contribution in [-0.2, 0) is 4.79 Å². The molecule has 3 nitrogen and oxygen atoms in total. The maximum atomic E-state index is 13.0. The lowest BCUT2D eigenvalue weighted by molar-refractivity contribution is -0.116. The molecule has 1 spiro atoms. The van der Waals surface area contributed by atoms with E-state index in [-0.39, 0.29) is 11.7 Å². The lowest BCUT2D eigenvalue weighted by Gasteiger charge is -2.31. The molecule has 0 unspecified atom stereocenters. The second-order valence-electron chi connectivity index (χ2n) is 8.06. The highest BCUT2D eigenvalue weighted by Crippen LogP contribution is 2.41. The summed E-state index contributed by atoms with van der Waals surface area (Å²) >= 11 is 6.01. The highest BCUT2D eigenvalue weighted by Gasteiger charge is 2.45. The number of carbonyl (C=O) groups is 1. The third-order valence-electron chi connectivity index (χ3n) is 6.16. The average Bonchev–Trinajstić information content (AvgIpc) is 2.90. The van der Waals surface area contributed by atoms with Gasteiger partial charge in [-0.2, -0.15) is 0 Å². The molecule has 0 bridgehead atoms. The lowest BCUT2D eigenvalue weighted by Crippen LogP contribution is -2.45. The highest BCUT2D eigenvalue weighted by molar-refractivity contribution is 6.30. The van der Waals surface area contributed by atoms with Crippen molar-refractivity contribution >= 4 is 23.1 Å². The molecule has 146 valence electrons. The zero-order valence-electron chi connectivity index (χ0n) is 16.2. The molecule has 2 aromatic carbocycles. The van der Waals surface area contributed by atoms with Crippen LogP contribution in [0.15, 0.2) is 48.2 Å². The number of carbonyl (C=O) groups excluding carboxylic acids is 1. The van der Waals surface area contributed by atoms with E-state index >= 15 is 0 Å². The van der Waals surface area contributed by atoms with Gasteiger partial charge in [0, 0.05) is 5.02 Å². The van der Waals surface area contributed by atoms with Gasteiger partial charge in [0.1, 0.15) is 5.76 Å². The summed E-state index contributed by atoms with van der Waals surface area (Å²) in [5, 5.41) is 15.0. The second-order valence-corrected chi connectivity index (χ2v) is 8.50. The monoisotopic (exact) mass is 395 g/mol. The molecule has 2 aliphatic rings. The van der Waals surface area contributed by atoms with Crippen molar-refractivity contribution in [3.63, 3.8) is 0 Å². The molecule has 2 N–H and O–H groups in total. The van der Waals surface area contributed by atoms with E-state index in [9.17, 15) is 9.90 Å². The fraction of sp³-hybridized carbons (Fsp3) is 0.375. The Bertz CT molecular complexity index is 922. The minimum Gasteiger partial charge on any atom is -0.509 e. The molecule has 2 aromatic rings. The molecule has 28 heavy (non-hydrogen) atoms. The minimum absolute atomic E-state index is 0.158. The molecule has 1 saturated carbocycles. The largest absolute Gasteiger partial charge is 0.509 e. The Balaban J connectivity index is 1.77. The standard InChI is InChI=1S/C24H26ClNO2/c1-16-7-8-18(17-9-11-19(25)12-10-17)15-20(16)21-22(27)24(26-23(21)28)13-5-3-2-4-6-14-24/h7-12,15,27H,2-6,13-14H2,1H3,(H,26,28). The molecule has 0 radical (unpaired) electrons. The van der Waals surface area contributed by atoms with Crippen LogP contribution in [0.4, 0.5) is 0 Å². The van der Waals surface area contributed by atoms with Crippen LogP contribution in [0.2, 0.25) is 5.02 Å². The van der Waals surface area contributed by atoms with Crippen LogP contribution in [0.5, 0.6) is 0 Å². The zero-order chi connectivity index (χ0) is 19.7. The van der Waals surface area contributed by atoms with Gasteiger partial charge in [-0.1, -0.05) is 68.0 Å². The van der Waals surface area contributed by atoms with Crippen molar-refractivity contribution in [1.29, 1.82) is 0 Å². The number of amides is 1. The van der Waals surface area contributed by atoms with Gasteiger partial charge in [-0.05, 0) is 60.2 Å². The van der Waals surface area contributed by atoms with Crippen molar-refractivity contribution in [3.05, 3.63) is 64.4 Å². The van der Waals surface area contributed by atoms with Gasteiger partial charge in [0.15, 0.2) is 0 Å². The Morgan fingerprint density at radius 3 is 2.21 bits per heavy atom. The van der Waals surface area contributed by atoms with Crippen LogP contribution < -0.4 is 5.32 Å². The molecule has 0 atom stereocenters. The zero-order valence-corrected chi connectivity index (χ0v) is 17.0. The number of aliphatic hydroxyl groups is 1. The normalized spacial score (nSPS) is 19.4. The number of aliphatic hydroxyl groups excluding tert-OH is 1. The molecular formula is C24H26ClNO2. The first kappa shape index (κ1) is 19.1. The molecule has 1 fully saturated rings. The number of nitrogens with one attached hydrogen (secondary N) is 1. The number of hydrogen-bond acceptors (Lipinski definition) is 2. The molecule has 4 heteroatoms. The summed E-state index contributed by atoms with van der Waals surface area (Å²) in [5.41, 5.74) is 3.68. The van der Waals surface area contributed by atoms with E-state index in [1.54, 1.807) is 0 Å². The van der Waals surface area contributed by atoms with E-state index in [2.05, 4.69) is 5.32 Å². The number of aryl methyl sites for hydroxylation is 1. The number of rotatable bonds is 2. The van der Waals surface area contributed by atoms with Gasteiger partial charge in [-0.25, -0.2) is 0 Å². The summed E-state index contributed by atoms with van der Waals surface area (Å²) in [7, 11) is 0. The molecule has 1 aliphatic carbocycles. The third kappa shape index (κ3) is 3.44. The van der Waals surface area contributed by atoms with Gasteiger partial charge < -0.3 is 10.4 Å². The van der Waals surface area contributed by atoms with Crippen LogP contribution >= 0.6 is 11.6 Å². The van der Waals surface area contributed by atoms with Crippen molar-refractivity contribution in [2.45, 2.75) is 57.4 Å². The molecule has 0 saturated heterocycles. The summed E-state index contributed by atoms with van der Waals surface area (Å²) in [4.78, 5) is 13.0. The molecule has 1 amide bonds. The van der Waals surface area contributed by atoms with Gasteiger partial charge in [0.05, 0.1) is 11.1 Å². The van der Waals surface area contributed by atoms with Crippen molar-refractivity contribution in [2.24, 2.45) is 0 Å². The van der Waals surface area contributed by atoms with Crippen molar-refractivity contribution in [2.75, 3.05) is 0 Å². The summed E-state index contributed by atoms with van der Waals surface area (Å²) in [6.07, 6.45) is 7.23. The summed E-state index contributed by atoms with van der Waals surface area (Å²) in [6.45, 7) is 1.98. The SMILES string of the molecule is Cc1ccc(-c2ccc(Cl)cc2)cc1C1=C(O)C2(CCCCCCC2)NC1=O. The minimum atomic E-state index is -0.588. The molecule has 4 rings (SSSR count). The summed E-state index contributed by atoms with van der Waals surface area (Å²) in [5.74, 6) is 0.0742. The summed E-state index contributed by atoms with van der Waals surface area (Å²) < 4.78 is 0. The third-order valence-corrected chi connectivity index (χ3v) is 6.41. The summed E-state index contributed by atoms with van der Waals surface area (Å²) in [6, 6.07) is 13.7. The second kappa shape index (κ2) is 7.63. The topological polar surface area (TPSA) is 49.3 Å². The van der Waals surface area contributed by atoms with Crippen molar-refractivity contribution in [1.82, 2.24) is 5.32 Å². The predicted octanol–water partition coefficient (Wildman–Crippen LogP) is 6.20. The van der Waals surface area contributed by atoms with Gasteiger partial charge in [-0.15, -0.1) is 0 Å². The maximum absolute atomic E-state index is 13.0. The Labute approximate surface area is 171 Å². The Morgan fingerprint density at radius 2 is 1.54 bits per heavy atom. The highest BCUT2D eigenvalue weighted by atomic mass is 35.5. The Morgan fingerprint density at radius 1 is 0.929 bits per heavy atom. The van der Waals surface area contributed by atoms with E-state index in [4.69, 9.17) is 11.6 Å². The number of hydrogen-bond donors (Lipinski definition) is 2. The smallest absolute Gasteiger partial charge is 0.256 e. The number of halogens is 1. The molecular weight excluding hydrogens is 370 g/mol. The van der Waals surface area contributed by atoms with Crippen LogP contribution in [0, 0.1) is 6.92 Å². The maximum Gasteiger partial charge on any atom is 0.256 e. The first-order valence-corrected chi connectivity index (χ1v) is 10.5. The fourth-order valence-electron chi connectivity index (χ4n) is 4.52. The molecule has 1 heterocycles. The van der Waals surface area contributed by atoms with Gasteiger partial charge in [-0.3, -0.25) is 4.79 Å². The van der Waals surface area contributed by atoms with Gasteiger partial charge >= 0.3 is 0 Å². The predicted molar refractivity (Wildman–Crippen MR) is 114 cm³/mol. The van der Waals surface area contributed by atoms with Gasteiger partial charge in [0.25, 0.3) is 5.91 Å². The van der Waals surface area contributed by atoms with E-state index < -0.39 is 5.54 Å². The van der Waals surface area contributed by atoms with Crippen molar-refractivity contribution in [3.8, 4) is 11.1 Å². The molecule has 0 aromatic heterocycles. The molecule has 1 aliphatic heterocycles. The van der Waals surface area contributed by atoms with E-state index in [1.807, 2.05) is 49.4 Å². The van der Waals surface area contributed by atoms with Gasteiger partial charge in [0.2, 0.25) is 0 Å². The fourth-order valence-corrected chi connectivity index (χ4v) is 4.65. The Kier molecular flexibility index (Phi) is 5.20. The van der Waals surface area contributed by atoms with Crippen LogP contribution in [0.3, 0.4) is 0 Å². The van der Waals surface area contributed by atoms with E-state index in [0.717, 1.165) is 60.8 Å². The first-order valence-electron chi connectivity index (χ1n) is 10.1. The van der Waals surface area contributed by atoms with Crippen LogP contribution in [0.25, 0.3) is 16.7 Å². The first-order chi connectivity index (χ1) is 13.5. The van der Waals surface area contributed by atoms with Crippen LogP contribution in [-0.4, -0.2) is 16.6 Å². The number of benzene rings is 2. The van der Waals surface area contributed by atoms with E-state index in [0.29, 0.717) is 10.6 Å². The lowest BCUT2D eigenvalue weighted by atomic mass is 9.82.